The van der Waals surface area contributed by atoms with Crippen molar-refractivity contribution in [2.24, 2.45) is 0 Å². The van der Waals surface area contributed by atoms with Gasteiger partial charge in [-0.1, -0.05) is 11.6 Å². The first-order chi connectivity index (χ1) is 6.72. The van der Waals surface area contributed by atoms with Crippen LogP contribution in [0, 0.1) is 0 Å². The number of aromatic amines is 1. The molecule has 0 spiro atoms. The summed E-state index contributed by atoms with van der Waals surface area (Å²) >= 11 is 5.94. The molecule has 0 amide bonds. The standard InChI is InChI=1S/C9H7ClN2O2/c1-14-9(13)5-2-7(10)6-4-11-12-8(6)3-5/h2-4H,1H3,(H,11,12). The number of hydrogen-bond acceptors (Lipinski definition) is 3. The first-order valence-electron chi connectivity index (χ1n) is 3.93. The molecule has 0 unspecified atom stereocenters. The monoisotopic (exact) mass is 210 g/mol. The molecule has 0 atom stereocenters. The van der Waals surface area contributed by atoms with Crippen LogP contribution in [0.25, 0.3) is 10.9 Å². The van der Waals surface area contributed by atoms with Crippen molar-refractivity contribution in [1.29, 1.82) is 0 Å². The molecule has 0 radical (unpaired) electrons. The number of aromatic nitrogens is 2. The number of fused-ring (bicyclic) bond motifs is 1. The second kappa shape index (κ2) is 3.31. The molecule has 0 saturated heterocycles. The highest BCUT2D eigenvalue weighted by Crippen LogP contribution is 2.23. The summed E-state index contributed by atoms with van der Waals surface area (Å²) in [7, 11) is 1.33. The number of esters is 1. The van der Waals surface area contributed by atoms with E-state index in [4.69, 9.17) is 11.6 Å². The first kappa shape index (κ1) is 9.02. The third kappa shape index (κ3) is 1.33. The van der Waals surface area contributed by atoms with Crippen molar-refractivity contribution in [2.45, 2.75) is 0 Å². The van der Waals surface area contributed by atoms with Crippen LogP contribution in [-0.2, 0) is 4.74 Å². The summed E-state index contributed by atoms with van der Waals surface area (Å²) in [5, 5.41) is 7.84. The molecule has 0 aliphatic heterocycles. The summed E-state index contributed by atoms with van der Waals surface area (Å²) < 4.78 is 4.58. The normalized spacial score (nSPS) is 10.4. The number of carbonyl (C=O) groups excluding carboxylic acids is 1. The van der Waals surface area contributed by atoms with Gasteiger partial charge in [0.25, 0.3) is 0 Å². The number of methoxy groups -OCH3 is 1. The van der Waals surface area contributed by atoms with E-state index in [0.29, 0.717) is 10.6 Å². The molecule has 1 aromatic carbocycles. The number of rotatable bonds is 1. The molecular formula is C9H7ClN2O2. The van der Waals surface area contributed by atoms with Crippen molar-refractivity contribution in [1.82, 2.24) is 10.2 Å². The highest BCUT2D eigenvalue weighted by molar-refractivity contribution is 6.35. The van der Waals surface area contributed by atoms with Gasteiger partial charge in [0.05, 0.1) is 29.4 Å². The van der Waals surface area contributed by atoms with Gasteiger partial charge in [0.2, 0.25) is 0 Å². The van der Waals surface area contributed by atoms with E-state index in [1.165, 1.54) is 7.11 Å². The summed E-state index contributed by atoms with van der Waals surface area (Å²) in [4.78, 5) is 11.2. The Morgan fingerprint density at radius 3 is 3.07 bits per heavy atom. The van der Waals surface area contributed by atoms with Gasteiger partial charge in [0.15, 0.2) is 0 Å². The Bertz CT molecular complexity index is 493. The fraction of sp³-hybridized carbons (Fsp3) is 0.111. The quantitative estimate of drug-likeness (QED) is 0.733. The first-order valence-corrected chi connectivity index (χ1v) is 4.31. The highest BCUT2D eigenvalue weighted by Gasteiger charge is 2.10. The summed E-state index contributed by atoms with van der Waals surface area (Å²) in [5.74, 6) is -0.414. The number of benzene rings is 1. The molecule has 0 bridgehead atoms. The van der Waals surface area contributed by atoms with E-state index in [9.17, 15) is 4.79 Å². The zero-order valence-electron chi connectivity index (χ0n) is 7.37. The number of hydrogen-bond donors (Lipinski definition) is 1. The molecule has 1 heterocycles. The lowest BCUT2D eigenvalue weighted by Gasteiger charge is -2.00. The van der Waals surface area contributed by atoms with Gasteiger partial charge in [0, 0.05) is 5.39 Å². The van der Waals surface area contributed by atoms with Gasteiger partial charge in [0.1, 0.15) is 0 Å². The van der Waals surface area contributed by atoms with E-state index in [0.717, 1.165) is 10.9 Å². The number of carbonyl (C=O) groups is 1. The Balaban J connectivity index is 2.64. The third-order valence-electron chi connectivity index (χ3n) is 1.93. The highest BCUT2D eigenvalue weighted by atomic mass is 35.5. The maximum Gasteiger partial charge on any atom is 0.337 e. The maximum absolute atomic E-state index is 11.2. The lowest BCUT2D eigenvalue weighted by atomic mass is 10.2. The predicted octanol–water partition coefficient (Wildman–Crippen LogP) is 2.00. The van der Waals surface area contributed by atoms with Crippen LogP contribution in [0.5, 0.6) is 0 Å². The van der Waals surface area contributed by atoms with E-state index in [1.807, 2.05) is 0 Å². The van der Waals surface area contributed by atoms with E-state index in [1.54, 1.807) is 18.3 Å². The average Bonchev–Trinajstić information content (AvgIpc) is 2.64. The Morgan fingerprint density at radius 2 is 2.36 bits per heavy atom. The van der Waals surface area contributed by atoms with Gasteiger partial charge >= 0.3 is 5.97 Å². The second-order valence-corrected chi connectivity index (χ2v) is 3.19. The molecule has 0 fully saturated rings. The van der Waals surface area contributed by atoms with Crippen LogP contribution in [0.15, 0.2) is 18.3 Å². The van der Waals surface area contributed by atoms with Crippen LogP contribution in [0.2, 0.25) is 5.02 Å². The third-order valence-corrected chi connectivity index (χ3v) is 2.24. The minimum absolute atomic E-state index is 0.411. The maximum atomic E-state index is 11.2. The molecule has 2 rings (SSSR count). The molecule has 5 heteroatoms. The number of nitrogens with one attached hydrogen (secondary N) is 1. The Labute approximate surface area is 84.8 Å². The van der Waals surface area contributed by atoms with Crippen LogP contribution >= 0.6 is 11.6 Å². The van der Waals surface area contributed by atoms with Crippen molar-refractivity contribution in [3.63, 3.8) is 0 Å². The summed E-state index contributed by atoms with van der Waals surface area (Å²) in [6, 6.07) is 3.21. The fourth-order valence-electron chi connectivity index (χ4n) is 1.24. The molecule has 14 heavy (non-hydrogen) atoms. The minimum Gasteiger partial charge on any atom is -0.465 e. The topological polar surface area (TPSA) is 55.0 Å². The SMILES string of the molecule is COC(=O)c1cc(Cl)c2cn[nH]c2c1. The molecule has 0 aliphatic carbocycles. The van der Waals surface area contributed by atoms with Gasteiger partial charge in [-0.2, -0.15) is 5.10 Å². The summed E-state index contributed by atoms with van der Waals surface area (Å²) in [6.07, 6.45) is 1.61. The molecule has 2 aromatic rings. The molecule has 1 aromatic heterocycles. The van der Waals surface area contributed by atoms with Crippen molar-refractivity contribution < 1.29 is 9.53 Å². The smallest absolute Gasteiger partial charge is 0.337 e. The van der Waals surface area contributed by atoms with E-state index < -0.39 is 5.97 Å². The largest absolute Gasteiger partial charge is 0.465 e. The molecule has 72 valence electrons. The van der Waals surface area contributed by atoms with Crippen molar-refractivity contribution >= 4 is 28.5 Å². The predicted molar refractivity (Wildman–Crippen MR) is 52.4 cm³/mol. The van der Waals surface area contributed by atoms with Crippen LogP contribution in [0.4, 0.5) is 0 Å². The summed E-state index contributed by atoms with van der Waals surface area (Å²) in [6.45, 7) is 0. The summed E-state index contributed by atoms with van der Waals surface area (Å²) in [5.41, 5.74) is 1.13. The molecule has 1 N–H and O–H groups in total. The second-order valence-electron chi connectivity index (χ2n) is 2.78. The number of nitrogens with zero attached hydrogens (tertiary/aromatic N) is 1. The van der Waals surface area contributed by atoms with Gasteiger partial charge in [-0.15, -0.1) is 0 Å². The number of ether oxygens (including phenoxy) is 1. The molecule has 4 nitrogen and oxygen atoms in total. The Morgan fingerprint density at radius 1 is 1.57 bits per heavy atom. The average molecular weight is 211 g/mol. The lowest BCUT2D eigenvalue weighted by Crippen LogP contribution is -2.00. The van der Waals surface area contributed by atoms with Crippen molar-refractivity contribution in [3.8, 4) is 0 Å². The zero-order valence-corrected chi connectivity index (χ0v) is 8.13. The van der Waals surface area contributed by atoms with Gasteiger partial charge in [-0.3, -0.25) is 5.10 Å². The van der Waals surface area contributed by atoms with Crippen molar-refractivity contribution in [3.05, 3.63) is 28.9 Å². The van der Waals surface area contributed by atoms with Crippen LogP contribution in [0.3, 0.4) is 0 Å². The Kier molecular flexibility index (Phi) is 2.13. The Hall–Kier alpha value is -1.55. The molecule has 0 aliphatic rings. The fourth-order valence-corrected chi connectivity index (χ4v) is 1.51. The van der Waals surface area contributed by atoms with Gasteiger partial charge < -0.3 is 4.74 Å². The molecular weight excluding hydrogens is 204 g/mol. The molecule has 0 saturated carbocycles. The van der Waals surface area contributed by atoms with Gasteiger partial charge in [-0.05, 0) is 12.1 Å². The van der Waals surface area contributed by atoms with E-state index >= 15 is 0 Å². The van der Waals surface area contributed by atoms with Crippen LogP contribution < -0.4 is 0 Å². The van der Waals surface area contributed by atoms with Crippen LogP contribution in [-0.4, -0.2) is 23.3 Å². The number of H-pyrrole nitrogens is 1. The van der Waals surface area contributed by atoms with Gasteiger partial charge in [-0.25, -0.2) is 4.79 Å². The zero-order chi connectivity index (χ0) is 10.1. The lowest BCUT2D eigenvalue weighted by molar-refractivity contribution is 0.0601. The number of halogens is 1. The van der Waals surface area contributed by atoms with Crippen molar-refractivity contribution in [2.75, 3.05) is 7.11 Å². The minimum atomic E-state index is -0.414. The van der Waals surface area contributed by atoms with E-state index in [2.05, 4.69) is 14.9 Å². The van der Waals surface area contributed by atoms with E-state index in [-0.39, 0.29) is 0 Å². The van der Waals surface area contributed by atoms with Crippen LogP contribution in [0.1, 0.15) is 10.4 Å².